The highest BCUT2D eigenvalue weighted by Gasteiger charge is 2.32. The van der Waals surface area contributed by atoms with Crippen LogP contribution in [-0.4, -0.2) is 35.5 Å². The molecule has 6 heteroatoms. The van der Waals surface area contributed by atoms with Crippen molar-refractivity contribution in [3.05, 3.63) is 71.9 Å². The van der Waals surface area contributed by atoms with Gasteiger partial charge in [0.15, 0.2) is 0 Å². The van der Waals surface area contributed by atoms with Crippen LogP contribution >= 0.6 is 0 Å². The van der Waals surface area contributed by atoms with Crippen molar-refractivity contribution in [3.63, 3.8) is 0 Å². The average Bonchev–Trinajstić information content (AvgIpc) is 3.18. The summed E-state index contributed by atoms with van der Waals surface area (Å²) in [5.74, 6) is -1.20. The van der Waals surface area contributed by atoms with Crippen LogP contribution in [0.5, 0.6) is 0 Å². The van der Waals surface area contributed by atoms with Crippen molar-refractivity contribution < 1.29 is 19.1 Å². The van der Waals surface area contributed by atoms with Crippen LogP contribution in [0, 0.1) is 0 Å². The number of aromatic nitrogens is 2. The maximum atomic E-state index is 12.8. The lowest BCUT2D eigenvalue weighted by Crippen LogP contribution is -2.10. The highest BCUT2D eigenvalue weighted by Crippen LogP contribution is 2.43. The van der Waals surface area contributed by atoms with Gasteiger partial charge in [-0.25, -0.2) is 9.59 Å². The SMILES string of the molecule is COC(=O)c1c(C(=O)OC)c2c(-c3ccccc3)c3ccccc4ncc1n2c43. The molecule has 0 aliphatic heterocycles. The zero-order chi connectivity index (χ0) is 20.1. The van der Waals surface area contributed by atoms with Crippen LogP contribution in [0.25, 0.3) is 38.6 Å². The molecule has 0 bridgehead atoms. The number of carbonyl (C=O) groups is 2. The standard InChI is InChI=1S/C23H16N2O4/c1-28-22(26)18-16-12-24-15-11-7-6-10-14-17(13-8-4-3-5-9-13)21(25(16)20(14)15)19(18)23(27)29-2/h3-12H,1-2H3. The molecule has 5 aromatic rings. The van der Waals surface area contributed by atoms with Crippen LogP contribution in [-0.2, 0) is 9.47 Å². The predicted octanol–water partition coefficient (Wildman–Crippen LogP) is 4.32. The van der Waals surface area contributed by atoms with Crippen LogP contribution in [0.2, 0.25) is 0 Å². The van der Waals surface area contributed by atoms with E-state index in [0.29, 0.717) is 11.0 Å². The number of ether oxygens (including phenoxy) is 2. The van der Waals surface area contributed by atoms with Gasteiger partial charge in [-0.1, -0.05) is 48.5 Å². The molecule has 0 saturated carbocycles. The first kappa shape index (κ1) is 17.2. The third-order valence-electron chi connectivity index (χ3n) is 5.23. The highest BCUT2D eigenvalue weighted by atomic mass is 16.5. The molecular weight excluding hydrogens is 368 g/mol. The average molecular weight is 384 g/mol. The molecule has 0 aliphatic rings. The van der Waals surface area contributed by atoms with Crippen molar-refractivity contribution in [1.29, 1.82) is 0 Å². The molecule has 0 radical (unpaired) electrons. The van der Waals surface area contributed by atoms with E-state index in [1.165, 1.54) is 14.2 Å². The van der Waals surface area contributed by atoms with E-state index in [1.807, 2.05) is 59.0 Å². The Morgan fingerprint density at radius 3 is 2.21 bits per heavy atom. The second-order valence-corrected chi connectivity index (χ2v) is 6.67. The first-order valence-electron chi connectivity index (χ1n) is 9.06. The van der Waals surface area contributed by atoms with E-state index in [4.69, 9.17) is 9.47 Å². The van der Waals surface area contributed by atoms with Crippen LogP contribution in [0.3, 0.4) is 0 Å². The number of nitrogens with zero attached hydrogens (tertiary/aromatic N) is 2. The van der Waals surface area contributed by atoms with Crippen LogP contribution in [0.4, 0.5) is 0 Å². The summed E-state index contributed by atoms with van der Waals surface area (Å²) in [6.07, 6.45) is 1.60. The second-order valence-electron chi connectivity index (χ2n) is 6.67. The fourth-order valence-electron chi connectivity index (χ4n) is 4.08. The molecular formula is C23H16N2O4. The Balaban J connectivity index is 2.12. The van der Waals surface area contributed by atoms with Gasteiger partial charge in [0.1, 0.15) is 11.1 Å². The van der Waals surface area contributed by atoms with Crippen molar-refractivity contribution in [2.45, 2.75) is 0 Å². The number of rotatable bonds is 3. The molecule has 0 saturated heterocycles. The Labute approximate surface area is 165 Å². The highest BCUT2D eigenvalue weighted by molar-refractivity contribution is 6.23. The molecule has 0 unspecified atom stereocenters. The lowest BCUT2D eigenvalue weighted by atomic mass is 10.00. The first-order chi connectivity index (χ1) is 14.2. The normalized spacial score (nSPS) is 11.4. The summed E-state index contributed by atoms with van der Waals surface area (Å²) in [7, 11) is 2.59. The molecule has 3 heterocycles. The summed E-state index contributed by atoms with van der Waals surface area (Å²) in [5, 5.41) is 0.936. The lowest BCUT2D eigenvalue weighted by Gasteiger charge is -2.05. The molecule has 2 aromatic carbocycles. The van der Waals surface area contributed by atoms with Crippen LogP contribution in [0.1, 0.15) is 20.7 Å². The molecule has 5 rings (SSSR count). The number of methoxy groups -OCH3 is 2. The summed E-state index contributed by atoms with van der Waals surface area (Å²) in [5.41, 5.74) is 4.84. The fraction of sp³-hybridized carbons (Fsp3) is 0.0870. The number of hydrogen-bond acceptors (Lipinski definition) is 5. The zero-order valence-corrected chi connectivity index (χ0v) is 15.8. The Bertz CT molecular complexity index is 1400. The molecule has 142 valence electrons. The van der Waals surface area contributed by atoms with Crippen molar-refractivity contribution in [2.75, 3.05) is 14.2 Å². The third-order valence-corrected chi connectivity index (χ3v) is 5.23. The van der Waals surface area contributed by atoms with Gasteiger partial charge in [0.25, 0.3) is 0 Å². The first-order valence-corrected chi connectivity index (χ1v) is 9.06. The van der Waals surface area contributed by atoms with E-state index >= 15 is 0 Å². The van der Waals surface area contributed by atoms with Gasteiger partial charge < -0.3 is 13.9 Å². The third kappa shape index (κ3) is 2.26. The van der Waals surface area contributed by atoms with Crippen LogP contribution in [0.15, 0.2) is 60.8 Å². The summed E-state index contributed by atoms with van der Waals surface area (Å²) < 4.78 is 12.0. The van der Waals surface area contributed by atoms with Crippen molar-refractivity contribution in [2.24, 2.45) is 0 Å². The van der Waals surface area contributed by atoms with E-state index in [-0.39, 0.29) is 11.1 Å². The molecule has 0 spiro atoms. The van der Waals surface area contributed by atoms with Gasteiger partial charge >= 0.3 is 11.9 Å². The number of esters is 2. The van der Waals surface area contributed by atoms with Gasteiger partial charge in [-0.15, -0.1) is 0 Å². The minimum Gasteiger partial charge on any atom is -0.465 e. The van der Waals surface area contributed by atoms with E-state index < -0.39 is 11.9 Å². The summed E-state index contributed by atoms with van der Waals surface area (Å²) in [4.78, 5) is 30.1. The van der Waals surface area contributed by atoms with E-state index in [1.54, 1.807) is 6.20 Å². The minimum absolute atomic E-state index is 0.161. The molecule has 6 nitrogen and oxygen atoms in total. The topological polar surface area (TPSA) is 69.9 Å². The van der Waals surface area contributed by atoms with E-state index in [9.17, 15) is 9.59 Å². The smallest absolute Gasteiger partial charge is 0.341 e. The van der Waals surface area contributed by atoms with Gasteiger partial charge in [-0.3, -0.25) is 4.98 Å². The minimum atomic E-state index is -0.605. The predicted molar refractivity (Wildman–Crippen MR) is 110 cm³/mol. The van der Waals surface area contributed by atoms with Gasteiger partial charge in [-0.05, 0) is 11.6 Å². The molecule has 0 atom stereocenters. The Hall–Kier alpha value is -3.93. The Morgan fingerprint density at radius 1 is 0.828 bits per heavy atom. The number of hydrogen-bond donors (Lipinski definition) is 0. The number of carbonyl (C=O) groups excluding carboxylic acids is 2. The molecule has 0 amide bonds. The maximum Gasteiger partial charge on any atom is 0.341 e. The van der Waals surface area contributed by atoms with Crippen molar-refractivity contribution >= 4 is 39.4 Å². The summed E-state index contributed by atoms with van der Waals surface area (Å²) in [6, 6.07) is 17.5. The van der Waals surface area contributed by atoms with E-state index in [2.05, 4.69) is 4.98 Å². The van der Waals surface area contributed by atoms with Crippen LogP contribution < -0.4 is 0 Å². The van der Waals surface area contributed by atoms with Gasteiger partial charge in [0.05, 0.1) is 42.5 Å². The van der Waals surface area contributed by atoms with Crippen molar-refractivity contribution in [1.82, 2.24) is 9.38 Å². The monoisotopic (exact) mass is 384 g/mol. The zero-order valence-electron chi connectivity index (χ0n) is 15.8. The summed E-state index contributed by atoms with van der Waals surface area (Å²) >= 11 is 0. The van der Waals surface area contributed by atoms with Gasteiger partial charge in [0, 0.05) is 10.9 Å². The Morgan fingerprint density at radius 2 is 1.48 bits per heavy atom. The molecule has 3 aromatic heterocycles. The van der Waals surface area contributed by atoms with Crippen molar-refractivity contribution in [3.8, 4) is 11.1 Å². The maximum absolute atomic E-state index is 12.8. The van der Waals surface area contributed by atoms with Gasteiger partial charge in [0.2, 0.25) is 0 Å². The lowest BCUT2D eigenvalue weighted by molar-refractivity contribution is 0.0559. The van der Waals surface area contributed by atoms with E-state index in [0.717, 1.165) is 27.5 Å². The summed E-state index contributed by atoms with van der Waals surface area (Å²) in [6.45, 7) is 0. The van der Waals surface area contributed by atoms with Gasteiger partial charge in [-0.2, -0.15) is 0 Å². The number of benzene rings is 1. The molecule has 29 heavy (non-hydrogen) atoms. The quantitative estimate of drug-likeness (QED) is 0.433. The molecule has 0 N–H and O–H groups in total. The fourth-order valence-corrected chi connectivity index (χ4v) is 4.08. The second kappa shape index (κ2) is 6.31. The largest absolute Gasteiger partial charge is 0.465 e. The molecule has 0 aliphatic carbocycles. The Kier molecular flexibility index (Phi) is 3.74. The molecule has 0 fully saturated rings.